The quantitative estimate of drug-likeness (QED) is 0.235. The first-order chi connectivity index (χ1) is 16.6. The van der Waals surface area contributed by atoms with E-state index in [2.05, 4.69) is 121 Å². The van der Waals surface area contributed by atoms with Gasteiger partial charge in [0.25, 0.3) is 0 Å². The van der Waals surface area contributed by atoms with E-state index in [0.717, 1.165) is 5.57 Å². The van der Waals surface area contributed by atoms with Crippen molar-refractivity contribution in [3.05, 3.63) is 89.5 Å². The highest BCUT2D eigenvalue weighted by Gasteiger charge is 2.16. The molecule has 0 fully saturated rings. The molecule has 35 heavy (non-hydrogen) atoms. The van der Waals surface area contributed by atoms with Gasteiger partial charge in [0.15, 0.2) is 0 Å². The molecular weight excluding hydrogens is 481 g/mol. The highest BCUT2D eigenvalue weighted by Crippen LogP contribution is 2.43. The molecule has 0 saturated carbocycles. The zero-order valence-corrected chi connectivity index (χ0v) is 24.2. The van der Waals surface area contributed by atoms with Gasteiger partial charge in [-0.15, -0.1) is 23.1 Å². The van der Waals surface area contributed by atoms with E-state index in [0.29, 0.717) is 0 Å². The summed E-state index contributed by atoms with van der Waals surface area (Å²) in [5.41, 5.74) is 7.74. The second-order valence-electron chi connectivity index (χ2n) is 10.1. The van der Waals surface area contributed by atoms with Crippen molar-refractivity contribution >= 4 is 56.6 Å². The Balaban J connectivity index is 1.76. The normalized spacial score (nSPS) is 12.1. The summed E-state index contributed by atoms with van der Waals surface area (Å²) in [6.07, 6.45) is 6.47. The highest BCUT2D eigenvalue weighted by atomic mass is 32.2. The van der Waals surface area contributed by atoms with Crippen molar-refractivity contribution in [1.29, 1.82) is 0 Å². The highest BCUT2D eigenvalue weighted by molar-refractivity contribution is 7.99. The molecule has 180 valence electrons. The largest absolute Gasteiger partial charge is 0.135 e. The average molecular weight is 515 g/mol. The second-order valence-corrected chi connectivity index (χ2v) is 13.1. The van der Waals surface area contributed by atoms with Crippen LogP contribution in [0.25, 0.3) is 32.2 Å². The summed E-state index contributed by atoms with van der Waals surface area (Å²) in [6.45, 7) is 17.5. The van der Waals surface area contributed by atoms with E-state index in [4.69, 9.17) is 0 Å². The van der Waals surface area contributed by atoms with Crippen LogP contribution < -0.4 is 0 Å². The number of hydrogen-bond acceptors (Lipinski definition) is 3. The van der Waals surface area contributed by atoms with Gasteiger partial charge in [-0.05, 0) is 102 Å². The van der Waals surface area contributed by atoms with Crippen LogP contribution in [0.1, 0.15) is 56.9 Å². The number of allylic oxidation sites excluding steroid dienone is 2. The molecule has 3 aromatic carbocycles. The van der Waals surface area contributed by atoms with Crippen LogP contribution in [0, 0.1) is 6.92 Å². The van der Waals surface area contributed by atoms with Crippen LogP contribution in [-0.4, -0.2) is 6.26 Å². The minimum Gasteiger partial charge on any atom is -0.135 e. The third kappa shape index (κ3) is 5.63. The van der Waals surface area contributed by atoms with Gasteiger partial charge >= 0.3 is 0 Å². The number of hydrogen-bond donors (Lipinski definition) is 0. The van der Waals surface area contributed by atoms with Gasteiger partial charge in [0.1, 0.15) is 0 Å². The maximum Gasteiger partial charge on any atom is 0.0361 e. The van der Waals surface area contributed by atoms with Crippen molar-refractivity contribution in [3.63, 3.8) is 0 Å². The van der Waals surface area contributed by atoms with Crippen LogP contribution in [0.4, 0.5) is 0 Å². The van der Waals surface area contributed by atoms with Crippen molar-refractivity contribution in [2.75, 3.05) is 6.26 Å². The molecule has 1 aromatic heterocycles. The van der Waals surface area contributed by atoms with E-state index >= 15 is 0 Å². The first-order valence-corrected chi connectivity index (χ1v) is 14.8. The summed E-state index contributed by atoms with van der Waals surface area (Å²) in [7, 11) is 0. The fourth-order valence-electron chi connectivity index (χ4n) is 4.16. The summed E-state index contributed by atoms with van der Waals surface area (Å²) < 4.78 is 1.32. The zero-order valence-electron chi connectivity index (χ0n) is 21.8. The van der Waals surface area contributed by atoms with Crippen molar-refractivity contribution in [1.82, 2.24) is 0 Å². The summed E-state index contributed by atoms with van der Waals surface area (Å²) in [5.74, 6) is 0. The van der Waals surface area contributed by atoms with E-state index in [1.807, 2.05) is 23.1 Å². The summed E-state index contributed by atoms with van der Waals surface area (Å²) >= 11 is 5.53. The molecule has 0 aliphatic carbocycles. The summed E-state index contributed by atoms with van der Waals surface area (Å²) in [6, 6.07) is 20.7. The molecule has 4 aromatic rings. The molecule has 0 saturated heterocycles. The Hall–Kier alpha value is -2.20. The lowest BCUT2D eigenvalue weighted by Crippen LogP contribution is -2.10. The third-order valence-electron chi connectivity index (χ3n) is 6.21. The van der Waals surface area contributed by atoms with Gasteiger partial charge in [-0.2, -0.15) is 0 Å². The zero-order chi connectivity index (χ0) is 25.3. The molecule has 0 N–H and O–H groups in total. The number of thiophene rings is 1. The second kappa shape index (κ2) is 10.4. The molecule has 0 nitrogen and oxygen atoms in total. The van der Waals surface area contributed by atoms with Gasteiger partial charge in [0.2, 0.25) is 0 Å². The smallest absolute Gasteiger partial charge is 0.0361 e. The van der Waals surface area contributed by atoms with Crippen LogP contribution >= 0.6 is 34.9 Å². The predicted molar refractivity (Wildman–Crippen MR) is 162 cm³/mol. The Morgan fingerprint density at radius 1 is 0.943 bits per heavy atom. The maximum atomic E-state index is 4.30. The van der Waals surface area contributed by atoms with E-state index in [-0.39, 0.29) is 5.41 Å². The standard InChI is InChI=1S/C32H34S3/c1-9-10-23-17-27(21(4)15-28(23)33-8)34-31-19-30-24(16-26(31)20(2)3)18-29(35-30)22-11-13-25(14-12-22)32(5,6)7/h9-19H,2H2,1,3-8H3/b10-9+. The Morgan fingerprint density at radius 3 is 2.26 bits per heavy atom. The van der Waals surface area contributed by atoms with Crippen LogP contribution in [0.5, 0.6) is 0 Å². The Labute approximate surface area is 223 Å². The minimum atomic E-state index is 0.167. The van der Waals surface area contributed by atoms with Gasteiger partial charge in [-0.3, -0.25) is 0 Å². The first-order valence-electron chi connectivity index (χ1n) is 11.9. The van der Waals surface area contributed by atoms with Crippen molar-refractivity contribution in [2.24, 2.45) is 0 Å². The third-order valence-corrected chi connectivity index (χ3v) is 9.36. The monoisotopic (exact) mass is 514 g/mol. The van der Waals surface area contributed by atoms with Gasteiger partial charge in [0.05, 0.1) is 0 Å². The lowest BCUT2D eigenvalue weighted by atomic mass is 9.86. The lowest BCUT2D eigenvalue weighted by molar-refractivity contribution is 0.590. The number of thioether (sulfide) groups is 1. The van der Waals surface area contributed by atoms with Gasteiger partial charge in [-0.25, -0.2) is 0 Å². The summed E-state index contributed by atoms with van der Waals surface area (Å²) in [4.78, 5) is 5.20. The average Bonchev–Trinajstić information content (AvgIpc) is 3.23. The van der Waals surface area contributed by atoms with E-state index in [1.165, 1.54) is 57.5 Å². The fraction of sp³-hybridized carbons (Fsp3) is 0.250. The molecule has 1 heterocycles. The van der Waals surface area contributed by atoms with Gasteiger partial charge in [-0.1, -0.05) is 75.5 Å². The number of fused-ring (bicyclic) bond motifs is 1. The molecule has 0 unspecified atom stereocenters. The number of benzene rings is 3. The molecular formula is C32H34S3. The molecule has 0 radical (unpaired) electrons. The molecule has 0 amide bonds. The Bertz CT molecular complexity index is 1410. The van der Waals surface area contributed by atoms with Gasteiger partial charge in [0, 0.05) is 24.3 Å². The van der Waals surface area contributed by atoms with Crippen LogP contribution in [0.2, 0.25) is 0 Å². The molecule has 4 rings (SSSR count). The Morgan fingerprint density at radius 2 is 1.66 bits per heavy atom. The molecule has 0 bridgehead atoms. The van der Waals surface area contributed by atoms with Crippen LogP contribution in [0.15, 0.2) is 81.9 Å². The molecule has 0 aliphatic heterocycles. The van der Waals surface area contributed by atoms with Crippen molar-refractivity contribution in [3.8, 4) is 10.4 Å². The van der Waals surface area contributed by atoms with E-state index in [9.17, 15) is 0 Å². The maximum absolute atomic E-state index is 4.30. The molecule has 0 aliphatic rings. The molecule has 0 atom stereocenters. The van der Waals surface area contributed by atoms with Gasteiger partial charge < -0.3 is 0 Å². The summed E-state index contributed by atoms with van der Waals surface area (Å²) in [5, 5.41) is 1.29. The van der Waals surface area contributed by atoms with E-state index in [1.54, 1.807) is 11.8 Å². The van der Waals surface area contributed by atoms with E-state index < -0.39 is 0 Å². The van der Waals surface area contributed by atoms with Crippen molar-refractivity contribution in [2.45, 2.75) is 61.6 Å². The molecule has 3 heteroatoms. The topological polar surface area (TPSA) is 0 Å². The lowest BCUT2D eigenvalue weighted by Gasteiger charge is -2.18. The minimum absolute atomic E-state index is 0.167. The van der Waals surface area contributed by atoms with Crippen LogP contribution in [-0.2, 0) is 5.41 Å². The molecule has 0 spiro atoms. The Kier molecular flexibility index (Phi) is 7.71. The van der Waals surface area contributed by atoms with Crippen molar-refractivity contribution < 1.29 is 0 Å². The first kappa shape index (κ1) is 25.9. The van der Waals surface area contributed by atoms with Crippen LogP contribution in [0.3, 0.4) is 0 Å². The number of rotatable bonds is 6. The number of aryl methyl sites for hydroxylation is 1. The SMILES string of the molecule is C=C(C)c1cc2cc(-c3ccc(C(C)(C)C)cc3)sc2cc1Sc1cc(/C=C/C)c(SC)cc1C. The fourth-order valence-corrected chi connectivity index (χ4v) is 7.14. The predicted octanol–water partition coefficient (Wildman–Crippen LogP) is 11.1.